The zero-order chi connectivity index (χ0) is 16.6. The second kappa shape index (κ2) is 5.96. The summed E-state index contributed by atoms with van der Waals surface area (Å²) in [7, 11) is 0. The quantitative estimate of drug-likeness (QED) is 0.804. The topological polar surface area (TPSA) is 64.0 Å². The lowest BCUT2D eigenvalue weighted by Crippen LogP contribution is -2.27. The van der Waals surface area contributed by atoms with E-state index in [0.717, 1.165) is 26.5 Å². The van der Waals surface area contributed by atoms with Crippen molar-refractivity contribution in [2.24, 2.45) is 0 Å². The zero-order valence-corrected chi connectivity index (χ0v) is 14.0. The molecular formula is C17H17N3O2S. The molecule has 118 valence electrons. The third kappa shape index (κ3) is 3.03. The minimum Gasteiger partial charge on any atom is -0.325 e. The highest BCUT2D eigenvalue weighted by atomic mass is 32.1. The number of carbonyl (C=O) groups is 1. The molecular weight excluding hydrogens is 310 g/mol. The van der Waals surface area contributed by atoms with Gasteiger partial charge in [-0.25, -0.2) is 4.98 Å². The second-order valence-corrected chi connectivity index (χ2v) is 6.76. The van der Waals surface area contributed by atoms with E-state index in [1.165, 1.54) is 22.2 Å². The summed E-state index contributed by atoms with van der Waals surface area (Å²) < 4.78 is 1.35. The van der Waals surface area contributed by atoms with E-state index in [-0.39, 0.29) is 18.0 Å². The molecule has 6 heteroatoms. The van der Waals surface area contributed by atoms with Gasteiger partial charge in [-0.15, -0.1) is 11.3 Å². The Kier molecular flexibility index (Phi) is 4.00. The summed E-state index contributed by atoms with van der Waals surface area (Å²) in [6, 6.07) is 7.54. The first-order valence-corrected chi connectivity index (χ1v) is 8.09. The van der Waals surface area contributed by atoms with Crippen molar-refractivity contribution in [1.82, 2.24) is 9.55 Å². The summed E-state index contributed by atoms with van der Waals surface area (Å²) in [5, 5.41) is 3.41. The lowest BCUT2D eigenvalue weighted by molar-refractivity contribution is -0.116. The molecule has 2 aromatic heterocycles. The summed E-state index contributed by atoms with van der Waals surface area (Å²) in [4.78, 5) is 30.8. The van der Waals surface area contributed by atoms with Gasteiger partial charge in [-0.3, -0.25) is 14.2 Å². The molecule has 1 N–H and O–H groups in total. The van der Waals surface area contributed by atoms with Gasteiger partial charge in [0.1, 0.15) is 11.4 Å². The highest BCUT2D eigenvalue weighted by Crippen LogP contribution is 2.25. The Labute approximate surface area is 137 Å². The van der Waals surface area contributed by atoms with E-state index in [4.69, 9.17) is 0 Å². The first-order valence-electron chi connectivity index (χ1n) is 7.27. The molecule has 0 aliphatic carbocycles. The van der Waals surface area contributed by atoms with Crippen LogP contribution in [0.5, 0.6) is 0 Å². The van der Waals surface area contributed by atoms with E-state index in [1.54, 1.807) is 0 Å². The van der Waals surface area contributed by atoms with Crippen LogP contribution in [0.3, 0.4) is 0 Å². The van der Waals surface area contributed by atoms with Gasteiger partial charge in [-0.1, -0.05) is 12.1 Å². The molecule has 0 unspecified atom stereocenters. The van der Waals surface area contributed by atoms with Gasteiger partial charge < -0.3 is 5.32 Å². The van der Waals surface area contributed by atoms with Crippen LogP contribution in [-0.4, -0.2) is 15.5 Å². The molecule has 2 heterocycles. The van der Waals surface area contributed by atoms with Crippen molar-refractivity contribution in [1.29, 1.82) is 0 Å². The summed E-state index contributed by atoms with van der Waals surface area (Å²) in [6.45, 7) is 5.79. The minimum atomic E-state index is -0.247. The Bertz CT molecular complexity index is 956. The van der Waals surface area contributed by atoms with Crippen LogP contribution in [0, 0.1) is 20.8 Å². The summed E-state index contributed by atoms with van der Waals surface area (Å²) >= 11 is 1.50. The first kappa shape index (κ1) is 15.4. The van der Waals surface area contributed by atoms with Gasteiger partial charge in [0.05, 0.1) is 11.7 Å². The van der Waals surface area contributed by atoms with Crippen LogP contribution in [0.4, 0.5) is 5.69 Å². The lowest BCUT2D eigenvalue weighted by Gasteiger charge is -2.08. The Balaban J connectivity index is 1.86. The monoisotopic (exact) mass is 327 g/mol. The molecule has 1 amide bonds. The molecule has 0 fully saturated rings. The van der Waals surface area contributed by atoms with Crippen molar-refractivity contribution in [3.8, 4) is 0 Å². The molecule has 0 spiro atoms. The van der Waals surface area contributed by atoms with Crippen molar-refractivity contribution >= 4 is 33.1 Å². The summed E-state index contributed by atoms with van der Waals surface area (Å²) in [6.07, 6.45) is 1.44. The normalized spacial score (nSPS) is 10.9. The van der Waals surface area contributed by atoms with Gasteiger partial charge in [0.2, 0.25) is 5.91 Å². The fraction of sp³-hybridized carbons (Fsp3) is 0.235. The van der Waals surface area contributed by atoms with Crippen LogP contribution in [0.15, 0.2) is 35.4 Å². The van der Waals surface area contributed by atoms with Crippen molar-refractivity contribution in [2.75, 3.05) is 5.32 Å². The highest BCUT2D eigenvalue weighted by molar-refractivity contribution is 7.18. The number of benzene rings is 1. The Morgan fingerprint density at radius 1 is 1.30 bits per heavy atom. The van der Waals surface area contributed by atoms with E-state index in [1.807, 2.05) is 45.0 Å². The second-order valence-electron chi connectivity index (χ2n) is 5.56. The van der Waals surface area contributed by atoms with Crippen LogP contribution >= 0.6 is 11.3 Å². The fourth-order valence-corrected chi connectivity index (χ4v) is 3.45. The van der Waals surface area contributed by atoms with E-state index >= 15 is 0 Å². The number of nitrogens with one attached hydrogen (secondary N) is 1. The van der Waals surface area contributed by atoms with Crippen molar-refractivity contribution < 1.29 is 4.79 Å². The average molecular weight is 327 g/mol. The maximum Gasteiger partial charge on any atom is 0.262 e. The minimum absolute atomic E-state index is 0.0515. The van der Waals surface area contributed by atoms with Gasteiger partial charge >= 0.3 is 0 Å². The fourth-order valence-electron chi connectivity index (χ4n) is 2.46. The van der Waals surface area contributed by atoms with E-state index in [9.17, 15) is 9.59 Å². The van der Waals surface area contributed by atoms with E-state index < -0.39 is 0 Å². The van der Waals surface area contributed by atoms with Crippen LogP contribution in [-0.2, 0) is 11.3 Å². The standard InChI is InChI=1S/C17H17N3O2S/c1-10-5-4-6-13(7-10)19-14(21)8-20-9-18-16-15(17(20)22)11(2)12(3)23-16/h4-7,9H,8H2,1-3H3,(H,19,21). The van der Waals surface area contributed by atoms with Crippen LogP contribution in [0.1, 0.15) is 16.0 Å². The smallest absolute Gasteiger partial charge is 0.262 e. The molecule has 0 saturated carbocycles. The molecule has 0 bridgehead atoms. The van der Waals surface area contributed by atoms with Gasteiger partial charge in [0, 0.05) is 10.6 Å². The predicted molar refractivity (Wildman–Crippen MR) is 93.2 cm³/mol. The number of hydrogen-bond donors (Lipinski definition) is 1. The molecule has 3 aromatic rings. The number of carbonyl (C=O) groups excluding carboxylic acids is 1. The van der Waals surface area contributed by atoms with Crippen molar-refractivity contribution in [3.05, 3.63) is 57.0 Å². The van der Waals surface area contributed by atoms with Crippen LogP contribution < -0.4 is 10.9 Å². The molecule has 0 radical (unpaired) electrons. The van der Waals surface area contributed by atoms with Gasteiger partial charge in [0.25, 0.3) is 5.56 Å². The number of rotatable bonds is 3. The van der Waals surface area contributed by atoms with Crippen LogP contribution in [0.2, 0.25) is 0 Å². The number of hydrogen-bond acceptors (Lipinski definition) is 4. The summed E-state index contributed by atoms with van der Waals surface area (Å²) in [5.41, 5.74) is 2.55. The number of amides is 1. The molecule has 0 aliphatic rings. The largest absolute Gasteiger partial charge is 0.325 e. The number of thiophene rings is 1. The van der Waals surface area contributed by atoms with Gasteiger partial charge in [0.15, 0.2) is 0 Å². The van der Waals surface area contributed by atoms with E-state index in [2.05, 4.69) is 10.3 Å². The molecule has 3 rings (SSSR count). The Hall–Kier alpha value is -2.47. The number of aromatic nitrogens is 2. The molecule has 0 saturated heterocycles. The van der Waals surface area contributed by atoms with Crippen molar-refractivity contribution in [2.45, 2.75) is 27.3 Å². The third-order valence-corrected chi connectivity index (χ3v) is 4.89. The zero-order valence-electron chi connectivity index (χ0n) is 13.2. The third-order valence-electron chi connectivity index (χ3n) is 3.77. The molecule has 23 heavy (non-hydrogen) atoms. The molecule has 0 aliphatic heterocycles. The van der Waals surface area contributed by atoms with Crippen LogP contribution in [0.25, 0.3) is 10.2 Å². The molecule has 0 atom stereocenters. The number of anilines is 1. The number of aryl methyl sites for hydroxylation is 3. The molecule has 5 nitrogen and oxygen atoms in total. The summed E-state index contributed by atoms with van der Waals surface area (Å²) in [5.74, 6) is -0.247. The maximum absolute atomic E-state index is 12.6. The maximum atomic E-state index is 12.6. The Morgan fingerprint density at radius 2 is 2.09 bits per heavy atom. The van der Waals surface area contributed by atoms with Gasteiger partial charge in [-0.05, 0) is 44.0 Å². The lowest BCUT2D eigenvalue weighted by atomic mass is 10.2. The van der Waals surface area contributed by atoms with E-state index in [0.29, 0.717) is 5.39 Å². The SMILES string of the molecule is Cc1cccc(NC(=O)Cn2cnc3sc(C)c(C)c3c2=O)c1. The number of fused-ring (bicyclic) bond motifs is 1. The van der Waals surface area contributed by atoms with Gasteiger partial charge in [-0.2, -0.15) is 0 Å². The highest BCUT2D eigenvalue weighted by Gasteiger charge is 2.13. The van der Waals surface area contributed by atoms with Crippen molar-refractivity contribution in [3.63, 3.8) is 0 Å². The number of nitrogens with zero attached hydrogens (tertiary/aromatic N) is 2. The predicted octanol–water partition coefficient (Wildman–Crippen LogP) is 3.02. The molecule has 1 aromatic carbocycles. The Morgan fingerprint density at radius 3 is 2.83 bits per heavy atom. The average Bonchev–Trinajstić information content (AvgIpc) is 2.78. The first-order chi connectivity index (χ1) is 11.0.